The van der Waals surface area contributed by atoms with Gasteiger partial charge in [0, 0.05) is 0 Å². The van der Waals surface area contributed by atoms with E-state index in [-0.39, 0.29) is 29.6 Å². The van der Waals surface area contributed by atoms with Crippen molar-refractivity contribution in [2.45, 2.75) is 96.8 Å². The van der Waals surface area contributed by atoms with Crippen LogP contribution < -0.4 is 29.6 Å². The van der Waals surface area contributed by atoms with E-state index >= 15 is 0 Å². The Balaban J connectivity index is 0. The molecule has 0 aliphatic carbocycles. The van der Waals surface area contributed by atoms with Gasteiger partial charge >= 0.3 is 29.6 Å². The SMILES string of the molecule is CCCCCCCCCCCCCCC/C=C/OS(=O)(=O)[O-].[Na+]. The molecule has 0 rings (SSSR count). The molecule has 23 heavy (non-hydrogen) atoms. The third kappa shape index (κ3) is 24.8. The van der Waals surface area contributed by atoms with Crippen molar-refractivity contribution >= 4 is 10.4 Å². The molecule has 0 aliphatic rings. The van der Waals surface area contributed by atoms with Gasteiger partial charge in [-0.2, -0.15) is 0 Å². The van der Waals surface area contributed by atoms with E-state index < -0.39 is 10.4 Å². The molecular formula is C17H33NaO4S. The van der Waals surface area contributed by atoms with Gasteiger partial charge in [0.2, 0.25) is 0 Å². The summed E-state index contributed by atoms with van der Waals surface area (Å²) in [6, 6.07) is 0. The van der Waals surface area contributed by atoms with Gasteiger partial charge in [0.05, 0.1) is 0 Å². The van der Waals surface area contributed by atoms with E-state index in [1.807, 2.05) is 0 Å². The normalized spacial score (nSPS) is 11.6. The maximum atomic E-state index is 10.2. The van der Waals surface area contributed by atoms with Crippen LogP contribution in [0.4, 0.5) is 0 Å². The van der Waals surface area contributed by atoms with Crippen molar-refractivity contribution in [3.05, 3.63) is 12.3 Å². The first-order valence-corrected chi connectivity index (χ1v) is 10.2. The molecule has 0 aromatic rings. The largest absolute Gasteiger partial charge is 1.00 e. The maximum absolute atomic E-state index is 10.2. The topological polar surface area (TPSA) is 66.4 Å². The summed E-state index contributed by atoms with van der Waals surface area (Å²) in [6.07, 6.45) is 20.3. The molecule has 0 aromatic heterocycles. The van der Waals surface area contributed by atoms with Crippen LogP contribution in [-0.2, 0) is 14.6 Å². The Kier molecular flexibility index (Phi) is 21.0. The molecule has 0 atom stereocenters. The summed E-state index contributed by atoms with van der Waals surface area (Å²) in [7, 11) is -4.58. The van der Waals surface area contributed by atoms with E-state index in [0.29, 0.717) is 0 Å². The van der Waals surface area contributed by atoms with Gasteiger partial charge in [0.25, 0.3) is 10.4 Å². The molecule has 0 saturated carbocycles. The Morgan fingerprint density at radius 1 is 0.783 bits per heavy atom. The second-order valence-electron chi connectivity index (χ2n) is 5.91. The van der Waals surface area contributed by atoms with Crippen molar-refractivity contribution < 1.29 is 46.7 Å². The van der Waals surface area contributed by atoms with Crippen molar-refractivity contribution in [1.82, 2.24) is 0 Å². The Morgan fingerprint density at radius 2 is 1.17 bits per heavy atom. The molecule has 0 radical (unpaired) electrons. The van der Waals surface area contributed by atoms with Crippen LogP contribution in [0.5, 0.6) is 0 Å². The van der Waals surface area contributed by atoms with Crippen molar-refractivity contribution in [2.24, 2.45) is 0 Å². The van der Waals surface area contributed by atoms with Crippen LogP contribution in [0.1, 0.15) is 96.8 Å². The van der Waals surface area contributed by atoms with Crippen LogP contribution in [0, 0.1) is 0 Å². The van der Waals surface area contributed by atoms with Gasteiger partial charge in [-0.1, -0.05) is 84.0 Å². The van der Waals surface area contributed by atoms with Crippen molar-refractivity contribution in [3.8, 4) is 0 Å². The quantitative estimate of drug-likeness (QED) is 0.140. The predicted octanol–water partition coefficient (Wildman–Crippen LogP) is 2.46. The van der Waals surface area contributed by atoms with E-state index in [0.717, 1.165) is 25.5 Å². The van der Waals surface area contributed by atoms with Crippen molar-refractivity contribution in [2.75, 3.05) is 0 Å². The number of allylic oxidation sites excluding steroid dienone is 1. The summed E-state index contributed by atoms with van der Waals surface area (Å²) >= 11 is 0. The minimum atomic E-state index is -4.58. The van der Waals surface area contributed by atoms with Gasteiger partial charge < -0.3 is 8.74 Å². The van der Waals surface area contributed by atoms with Gasteiger partial charge in [-0.15, -0.1) is 0 Å². The first kappa shape index (κ1) is 25.7. The first-order chi connectivity index (χ1) is 10.6. The van der Waals surface area contributed by atoms with E-state index in [2.05, 4.69) is 11.1 Å². The van der Waals surface area contributed by atoms with Gasteiger partial charge in [-0.3, -0.25) is 0 Å². The molecule has 0 fully saturated rings. The van der Waals surface area contributed by atoms with Crippen molar-refractivity contribution in [3.63, 3.8) is 0 Å². The minimum Gasteiger partial charge on any atom is -0.716 e. The Labute approximate surface area is 165 Å². The number of rotatable bonds is 16. The summed E-state index contributed by atoms with van der Waals surface area (Å²) in [6.45, 7) is 2.25. The summed E-state index contributed by atoms with van der Waals surface area (Å²) in [4.78, 5) is 0. The molecule has 0 unspecified atom stereocenters. The summed E-state index contributed by atoms with van der Waals surface area (Å²) in [5, 5.41) is 0. The third-order valence-corrected chi connectivity index (χ3v) is 4.09. The first-order valence-electron chi connectivity index (χ1n) is 8.85. The van der Waals surface area contributed by atoms with E-state index in [1.54, 1.807) is 6.08 Å². The number of hydrogen-bond donors (Lipinski definition) is 0. The smallest absolute Gasteiger partial charge is 0.716 e. The Hall–Kier alpha value is 0.450. The van der Waals surface area contributed by atoms with Crippen LogP contribution in [0.2, 0.25) is 0 Å². The van der Waals surface area contributed by atoms with Crippen molar-refractivity contribution in [1.29, 1.82) is 0 Å². The maximum Gasteiger partial charge on any atom is 1.00 e. The number of hydrogen-bond acceptors (Lipinski definition) is 4. The fourth-order valence-corrected chi connectivity index (χ4v) is 2.67. The average Bonchev–Trinajstić information content (AvgIpc) is 2.45. The summed E-state index contributed by atoms with van der Waals surface area (Å²) < 4.78 is 34.4. The summed E-state index contributed by atoms with van der Waals surface area (Å²) in [5.41, 5.74) is 0. The van der Waals surface area contributed by atoms with Crippen LogP contribution >= 0.6 is 0 Å². The van der Waals surface area contributed by atoms with Crippen LogP contribution in [-0.4, -0.2) is 13.0 Å². The predicted molar refractivity (Wildman–Crippen MR) is 90.2 cm³/mol. The molecule has 0 aromatic carbocycles. The zero-order valence-electron chi connectivity index (χ0n) is 15.1. The van der Waals surface area contributed by atoms with Gasteiger partial charge in [0.15, 0.2) is 0 Å². The third-order valence-electron chi connectivity index (χ3n) is 3.74. The zero-order chi connectivity index (χ0) is 16.5. The molecule has 132 valence electrons. The number of unbranched alkanes of at least 4 members (excludes halogenated alkanes) is 13. The Bertz CT molecular complexity index is 356. The fraction of sp³-hybridized carbons (Fsp3) is 0.882. The molecule has 0 N–H and O–H groups in total. The van der Waals surface area contributed by atoms with E-state index in [9.17, 15) is 13.0 Å². The van der Waals surface area contributed by atoms with Gasteiger partial charge in [-0.05, 0) is 18.9 Å². The standard InChI is InChI=1S/C17H34O4S.Na/c1-2-3-4-5-6-7-8-9-10-11-12-13-14-15-16-17-21-22(18,19)20;/h16-17H,2-15H2,1H3,(H,18,19,20);/q;+1/p-1/b17-16+;. The minimum absolute atomic E-state index is 0. The molecule has 0 bridgehead atoms. The van der Waals surface area contributed by atoms with Crippen LogP contribution in [0.25, 0.3) is 0 Å². The molecule has 6 heteroatoms. The van der Waals surface area contributed by atoms with E-state index in [4.69, 9.17) is 0 Å². The fourth-order valence-electron chi connectivity index (χ4n) is 2.46. The molecule has 4 nitrogen and oxygen atoms in total. The van der Waals surface area contributed by atoms with Crippen LogP contribution in [0.15, 0.2) is 12.3 Å². The monoisotopic (exact) mass is 356 g/mol. The molecule has 0 saturated heterocycles. The zero-order valence-corrected chi connectivity index (χ0v) is 17.9. The second kappa shape index (κ2) is 18.8. The molecule has 0 aliphatic heterocycles. The van der Waals surface area contributed by atoms with Gasteiger partial charge in [-0.25, -0.2) is 8.42 Å². The molecule has 0 amide bonds. The molecule has 0 heterocycles. The van der Waals surface area contributed by atoms with Gasteiger partial charge in [0.1, 0.15) is 6.26 Å². The average molecular weight is 357 g/mol. The molecule has 0 spiro atoms. The summed E-state index contributed by atoms with van der Waals surface area (Å²) in [5.74, 6) is 0. The van der Waals surface area contributed by atoms with Crippen LogP contribution in [0.3, 0.4) is 0 Å². The Morgan fingerprint density at radius 3 is 1.57 bits per heavy atom. The molecular weight excluding hydrogens is 323 g/mol. The van der Waals surface area contributed by atoms with E-state index in [1.165, 1.54) is 70.6 Å². The second-order valence-corrected chi connectivity index (χ2v) is 6.92.